The zero-order chi connectivity index (χ0) is 15.4. The van der Waals surface area contributed by atoms with Crippen molar-refractivity contribution >= 4 is 33.3 Å². The summed E-state index contributed by atoms with van der Waals surface area (Å²) in [4.78, 5) is 18.3. The predicted molar refractivity (Wildman–Crippen MR) is 89.8 cm³/mol. The Kier molecular flexibility index (Phi) is 4.91. The quantitative estimate of drug-likeness (QED) is 0.761. The van der Waals surface area contributed by atoms with E-state index in [1.165, 1.54) is 11.6 Å². The number of anilines is 2. The average molecular weight is 345 g/mol. The van der Waals surface area contributed by atoms with E-state index < -0.39 is 0 Å². The number of rotatable bonds is 4. The van der Waals surface area contributed by atoms with Crippen molar-refractivity contribution in [2.24, 2.45) is 0 Å². The number of hydrogen-bond donors (Lipinski definition) is 0. The van der Waals surface area contributed by atoms with Crippen LogP contribution >= 0.6 is 15.9 Å². The van der Waals surface area contributed by atoms with Crippen LogP contribution in [0.3, 0.4) is 0 Å². The number of benzene rings is 1. The molecular weight excluding hydrogens is 328 g/mol. The molecule has 0 bridgehead atoms. The second-order valence-electron chi connectivity index (χ2n) is 4.62. The first-order valence-electron chi connectivity index (χ1n) is 6.75. The molecule has 0 fully saturated rings. The predicted octanol–water partition coefficient (Wildman–Crippen LogP) is 4.57. The lowest BCUT2D eigenvalue weighted by Crippen LogP contribution is -2.24. The second-order valence-corrected chi connectivity index (χ2v) is 5.54. The van der Waals surface area contributed by atoms with E-state index in [0.29, 0.717) is 5.82 Å². The Bertz CT molecular complexity index is 665. The van der Waals surface area contributed by atoms with E-state index in [0.717, 1.165) is 22.3 Å². The van der Waals surface area contributed by atoms with Gasteiger partial charge in [-0.2, -0.15) is 0 Å². The Balaban J connectivity index is 2.50. The van der Waals surface area contributed by atoms with Crippen LogP contribution in [-0.2, 0) is 11.2 Å². The molecule has 0 aliphatic heterocycles. The molecular formula is C17H17BrN2O. The number of pyridine rings is 1. The molecule has 0 N–H and O–H groups in total. The van der Waals surface area contributed by atoms with E-state index in [4.69, 9.17) is 0 Å². The largest absolute Gasteiger partial charge is 0.269 e. The Hall–Kier alpha value is -1.94. The Morgan fingerprint density at radius 1 is 1.29 bits per heavy atom. The highest BCUT2D eigenvalue weighted by molar-refractivity contribution is 9.10. The van der Waals surface area contributed by atoms with Crippen molar-refractivity contribution in [2.45, 2.75) is 20.3 Å². The summed E-state index contributed by atoms with van der Waals surface area (Å²) in [5, 5.41) is 0. The van der Waals surface area contributed by atoms with Crippen LogP contribution < -0.4 is 4.90 Å². The lowest BCUT2D eigenvalue weighted by atomic mass is 10.1. The molecule has 1 aromatic heterocycles. The van der Waals surface area contributed by atoms with Gasteiger partial charge < -0.3 is 0 Å². The molecule has 1 amide bonds. The molecule has 0 saturated heterocycles. The summed E-state index contributed by atoms with van der Waals surface area (Å²) in [7, 11) is 0. The lowest BCUT2D eigenvalue weighted by molar-refractivity contribution is -0.113. The average Bonchev–Trinajstić information content (AvgIpc) is 2.49. The summed E-state index contributed by atoms with van der Waals surface area (Å²) in [6.07, 6.45) is 2.22. The fourth-order valence-corrected chi connectivity index (χ4v) is 2.39. The monoisotopic (exact) mass is 344 g/mol. The maximum Gasteiger partial charge on any atom is 0.256 e. The van der Waals surface area contributed by atoms with E-state index >= 15 is 0 Å². The van der Waals surface area contributed by atoms with Crippen LogP contribution in [0.4, 0.5) is 11.5 Å². The van der Waals surface area contributed by atoms with Crippen molar-refractivity contribution in [2.75, 3.05) is 4.90 Å². The van der Waals surface area contributed by atoms with Crippen molar-refractivity contribution in [1.29, 1.82) is 0 Å². The van der Waals surface area contributed by atoms with Gasteiger partial charge >= 0.3 is 0 Å². The number of amides is 1. The molecule has 0 unspecified atom stereocenters. The SMILES string of the molecule is C=CC(=O)N(c1ccc(Br)cc1)c1ccc(CC)c(C)n1. The number of hydrogen-bond acceptors (Lipinski definition) is 2. The highest BCUT2D eigenvalue weighted by Gasteiger charge is 2.17. The standard InChI is InChI=1S/C17H17BrN2O/c1-4-13-6-11-16(19-12(13)3)20(17(21)5-2)15-9-7-14(18)8-10-15/h5-11H,2,4H2,1,3H3. The van der Waals surface area contributed by atoms with Crippen LogP contribution in [0.1, 0.15) is 18.2 Å². The van der Waals surface area contributed by atoms with E-state index in [-0.39, 0.29) is 5.91 Å². The zero-order valence-electron chi connectivity index (χ0n) is 12.1. The van der Waals surface area contributed by atoms with Gasteiger partial charge in [0.05, 0.1) is 5.69 Å². The van der Waals surface area contributed by atoms with Crippen LogP contribution in [0.5, 0.6) is 0 Å². The van der Waals surface area contributed by atoms with Crippen molar-refractivity contribution < 1.29 is 4.79 Å². The summed E-state index contributed by atoms with van der Waals surface area (Å²) in [5.41, 5.74) is 2.88. The van der Waals surface area contributed by atoms with Gasteiger partial charge in [0.15, 0.2) is 0 Å². The van der Waals surface area contributed by atoms with Gasteiger partial charge in [-0.25, -0.2) is 4.98 Å². The third kappa shape index (κ3) is 3.39. The molecule has 0 aliphatic rings. The summed E-state index contributed by atoms with van der Waals surface area (Å²) >= 11 is 3.40. The first kappa shape index (κ1) is 15.4. The minimum Gasteiger partial charge on any atom is -0.269 e. The highest BCUT2D eigenvalue weighted by atomic mass is 79.9. The van der Waals surface area contributed by atoms with Gasteiger partial charge in [-0.15, -0.1) is 0 Å². The summed E-state index contributed by atoms with van der Waals surface area (Å²) in [6, 6.07) is 11.4. The Labute approximate surface area is 133 Å². The highest BCUT2D eigenvalue weighted by Crippen LogP contribution is 2.26. The molecule has 0 spiro atoms. The van der Waals surface area contributed by atoms with Crippen LogP contribution in [0.25, 0.3) is 0 Å². The minimum atomic E-state index is -0.200. The Morgan fingerprint density at radius 3 is 2.48 bits per heavy atom. The van der Waals surface area contributed by atoms with Crippen LogP contribution in [0, 0.1) is 6.92 Å². The third-order valence-corrected chi connectivity index (χ3v) is 3.80. The summed E-state index contributed by atoms with van der Waals surface area (Å²) in [5.74, 6) is 0.408. The van der Waals surface area contributed by atoms with E-state index in [1.807, 2.05) is 43.3 Å². The number of carbonyl (C=O) groups is 1. The van der Waals surface area contributed by atoms with Gasteiger partial charge in [0.25, 0.3) is 5.91 Å². The number of nitrogens with zero attached hydrogens (tertiary/aromatic N) is 2. The maximum atomic E-state index is 12.2. The molecule has 0 radical (unpaired) electrons. The fraction of sp³-hybridized carbons (Fsp3) is 0.176. The van der Waals surface area contributed by atoms with Gasteiger partial charge in [0, 0.05) is 10.2 Å². The Morgan fingerprint density at radius 2 is 1.95 bits per heavy atom. The zero-order valence-corrected chi connectivity index (χ0v) is 13.7. The topological polar surface area (TPSA) is 33.2 Å². The molecule has 1 heterocycles. The normalized spacial score (nSPS) is 10.2. The molecule has 4 heteroatoms. The summed E-state index contributed by atoms with van der Waals surface area (Å²) in [6.45, 7) is 7.63. The molecule has 1 aromatic carbocycles. The van der Waals surface area contributed by atoms with Gasteiger partial charge in [-0.1, -0.05) is 35.5 Å². The number of aromatic nitrogens is 1. The van der Waals surface area contributed by atoms with Gasteiger partial charge in [-0.3, -0.25) is 9.69 Å². The van der Waals surface area contributed by atoms with Crippen LogP contribution in [-0.4, -0.2) is 10.9 Å². The number of halogens is 1. The van der Waals surface area contributed by atoms with Gasteiger partial charge in [0.2, 0.25) is 0 Å². The smallest absolute Gasteiger partial charge is 0.256 e. The van der Waals surface area contributed by atoms with Crippen molar-refractivity contribution in [3.8, 4) is 0 Å². The lowest BCUT2D eigenvalue weighted by Gasteiger charge is -2.21. The van der Waals surface area contributed by atoms with E-state index in [1.54, 1.807) is 4.90 Å². The maximum absolute atomic E-state index is 12.2. The molecule has 2 aromatic rings. The summed E-state index contributed by atoms with van der Waals surface area (Å²) < 4.78 is 0.961. The van der Waals surface area contributed by atoms with Gasteiger partial charge in [-0.05, 0) is 55.3 Å². The molecule has 0 aliphatic carbocycles. The minimum absolute atomic E-state index is 0.200. The fourth-order valence-electron chi connectivity index (χ4n) is 2.13. The molecule has 0 atom stereocenters. The first-order chi connectivity index (χ1) is 10.1. The first-order valence-corrected chi connectivity index (χ1v) is 7.54. The van der Waals surface area contributed by atoms with Crippen molar-refractivity contribution in [1.82, 2.24) is 4.98 Å². The van der Waals surface area contributed by atoms with Crippen LogP contribution in [0.2, 0.25) is 0 Å². The van der Waals surface area contributed by atoms with E-state index in [2.05, 4.69) is 34.4 Å². The molecule has 108 valence electrons. The van der Waals surface area contributed by atoms with Crippen LogP contribution in [0.15, 0.2) is 53.5 Å². The van der Waals surface area contributed by atoms with E-state index in [9.17, 15) is 4.79 Å². The molecule has 21 heavy (non-hydrogen) atoms. The van der Waals surface area contributed by atoms with Crippen molar-refractivity contribution in [3.05, 3.63) is 64.8 Å². The number of aryl methyl sites for hydroxylation is 2. The van der Waals surface area contributed by atoms with Crippen molar-refractivity contribution in [3.63, 3.8) is 0 Å². The third-order valence-electron chi connectivity index (χ3n) is 3.27. The molecule has 2 rings (SSSR count). The van der Waals surface area contributed by atoms with Gasteiger partial charge in [0.1, 0.15) is 5.82 Å². The second kappa shape index (κ2) is 6.68. The molecule has 0 saturated carbocycles. The number of carbonyl (C=O) groups excluding carboxylic acids is 1. The molecule has 3 nitrogen and oxygen atoms in total.